The Balaban J connectivity index is 1.89. The van der Waals surface area contributed by atoms with Gasteiger partial charge in [-0.3, -0.25) is 0 Å². The topological polar surface area (TPSA) is 82.5 Å². The van der Waals surface area contributed by atoms with Gasteiger partial charge in [-0.2, -0.15) is 0 Å². The fourth-order valence-corrected chi connectivity index (χ4v) is 2.42. The number of aliphatic carboxylic acids is 1. The van der Waals surface area contributed by atoms with E-state index in [-0.39, 0.29) is 6.03 Å². The fraction of sp³-hybridized carbons (Fsp3) is 0.500. The summed E-state index contributed by atoms with van der Waals surface area (Å²) in [6.45, 7) is 0.838. The maximum Gasteiger partial charge on any atom is 0.326 e. The van der Waals surface area contributed by atoms with Crippen LogP contribution in [0.1, 0.15) is 18.5 Å². The zero-order chi connectivity index (χ0) is 12.3. The van der Waals surface area contributed by atoms with Gasteiger partial charge in [0.05, 0.1) is 17.7 Å². The Labute approximate surface area is 102 Å². The molecule has 2 N–H and O–H groups in total. The molecule has 1 saturated heterocycles. The SMILES string of the molecule is O=C(O)[C@H]1CCCN1C(=O)NCc1cscn1. The number of hydrogen-bond acceptors (Lipinski definition) is 4. The van der Waals surface area contributed by atoms with Crippen molar-refractivity contribution in [1.82, 2.24) is 15.2 Å². The lowest BCUT2D eigenvalue weighted by atomic mass is 10.2. The molecule has 92 valence electrons. The molecule has 17 heavy (non-hydrogen) atoms. The maximum absolute atomic E-state index is 11.8. The summed E-state index contributed by atoms with van der Waals surface area (Å²) in [6.07, 6.45) is 1.26. The number of amides is 2. The molecule has 0 radical (unpaired) electrons. The number of thiazole rings is 1. The summed E-state index contributed by atoms with van der Waals surface area (Å²) in [4.78, 5) is 28.1. The molecule has 0 unspecified atom stereocenters. The standard InChI is InChI=1S/C10H13N3O3S/c14-9(15)8-2-1-3-13(8)10(16)11-4-7-5-17-6-12-7/h5-6,8H,1-4H2,(H,11,16)(H,14,15)/t8-/m1/s1. The summed E-state index contributed by atoms with van der Waals surface area (Å²) >= 11 is 1.46. The molecule has 0 aliphatic carbocycles. The third-order valence-electron chi connectivity index (χ3n) is 2.70. The number of nitrogens with one attached hydrogen (secondary N) is 1. The highest BCUT2D eigenvalue weighted by Gasteiger charge is 2.33. The van der Waals surface area contributed by atoms with E-state index in [1.165, 1.54) is 16.2 Å². The van der Waals surface area contributed by atoms with Gasteiger partial charge in [0.1, 0.15) is 6.04 Å². The Morgan fingerprint density at radius 2 is 2.47 bits per heavy atom. The van der Waals surface area contributed by atoms with Gasteiger partial charge in [-0.05, 0) is 12.8 Å². The lowest BCUT2D eigenvalue weighted by Crippen LogP contribution is -2.45. The number of carboxylic acid groups (broad SMARTS) is 1. The Morgan fingerprint density at radius 3 is 3.12 bits per heavy atom. The van der Waals surface area contributed by atoms with Crippen LogP contribution < -0.4 is 5.32 Å². The van der Waals surface area contributed by atoms with Gasteiger partial charge in [0.25, 0.3) is 0 Å². The molecular weight excluding hydrogens is 242 g/mol. The molecule has 0 bridgehead atoms. The average Bonchev–Trinajstić information content (AvgIpc) is 2.96. The normalized spacial score (nSPS) is 19.3. The van der Waals surface area contributed by atoms with Crippen LogP contribution in [-0.4, -0.2) is 39.6 Å². The minimum atomic E-state index is -0.939. The number of carbonyl (C=O) groups is 2. The zero-order valence-corrected chi connectivity index (χ0v) is 9.94. The Morgan fingerprint density at radius 1 is 1.65 bits per heavy atom. The Kier molecular flexibility index (Phi) is 3.58. The second kappa shape index (κ2) is 5.13. The van der Waals surface area contributed by atoms with Gasteiger partial charge in [0.15, 0.2) is 0 Å². The van der Waals surface area contributed by atoms with Gasteiger partial charge in [-0.1, -0.05) is 0 Å². The van der Waals surface area contributed by atoms with Crippen molar-refractivity contribution in [3.63, 3.8) is 0 Å². The second-order valence-corrected chi connectivity index (χ2v) is 4.55. The van der Waals surface area contributed by atoms with Gasteiger partial charge in [-0.15, -0.1) is 11.3 Å². The van der Waals surface area contributed by atoms with Crippen LogP contribution in [0.3, 0.4) is 0 Å². The molecule has 0 spiro atoms. The third kappa shape index (κ3) is 2.73. The number of aromatic nitrogens is 1. The van der Waals surface area contributed by atoms with E-state index in [1.807, 2.05) is 5.38 Å². The van der Waals surface area contributed by atoms with Crippen molar-refractivity contribution in [2.24, 2.45) is 0 Å². The molecule has 1 aromatic heterocycles. The minimum absolute atomic E-state index is 0.331. The van der Waals surface area contributed by atoms with Crippen LogP contribution in [0.4, 0.5) is 4.79 Å². The molecule has 6 nitrogen and oxygen atoms in total. The summed E-state index contributed by atoms with van der Waals surface area (Å²) in [5.41, 5.74) is 2.48. The minimum Gasteiger partial charge on any atom is -0.480 e. The van der Waals surface area contributed by atoms with E-state index >= 15 is 0 Å². The Hall–Kier alpha value is -1.63. The van der Waals surface area contributed by atoms with Crippen LogP contribution in [0.25, 0.3) is 0 Å². The van der Waals surface area contributed by atoms with E-state index in [0.29, 0.717) is 19.5 Å². The lowest BCUT2D eigenvalue weighted by molar-refractivity contribution is -0.141. The first-order valence-electron chi connectivity index (χ1n) is 5.33. The first-order chi connectivity index (χ1) is 8.18. The van der Waals surface area contributed by atoms with Crippen LogP contribution in [-0.2, 0) is 11.3 Å². The van der Waals surface area contributed by atoms with Crippen molar-refractivity contribution in [3.05, 3.63) is 16.6 Å². The average molecular weight is 255 g/mol. The monoisotopic (exact) mass is 255 g/mol. The van der Waals surface area contributed by atoms with Gasteiger partial charge >= 0.3 is 12.0 Å². The number of nitrogens with zero attached hydrogens (tertiary/aromatic N) is 2. The van der Waals surface area contributed by atoms with Crippen molar-refractivity contribution in [1.29, 1.82) is 0 Å². The molecular formula is C10H13N3O3S. The molecule has 2 rings (SSSR count). The van der Waals surface area contributed by atoms with E-state index < -0.39 is 12.0 Å². The van der Waals surface area contributed by atoms with Crippen LogP contribution in [0, 0.1) is 0 Å². The smallest absolute Gasteiger partial charge is 0.326 e. The fourth-order valence-electron chi connectivity index (χ4n) is 1.86. The number of carboxylic acids is 1. The molecule has 1 aliphatic heterocycles. The van der Waals surface area contributed by atoms with Crippen LogP contribution >= 0.6 is 11.3 Å². The van der Waals surface area contributed by atoms with Gasteiger partial charge in [0.2, 0.25) is 0 Å². The molecule has 1 atom stereocenters. The van der Waals surface area contributed by atoms with Crippen LogP contribution in [0.2, 0.25) is 0 Å². The maximum atomic E-state index is 11.8. The summed E-state index contributed by atoms with van der Waals surface area (Å²) in [7, 11) is 0. The molecule has 1 fully saturated rings. The highest BCUT2D eigenvalue weighted by molar-refractivity contribution is 7.07. The number of rotatable bonds is 3. The molecule has 0 saturated carbocycles. The lowest BCUT2D eigenvalue weighted by Gasteiger charge is -2.21. The largest absolute Gasteiger partial charge is 0.480 e. The van der Waals surface area contributed by atoms with Crippen LogP contribution in [0.15, 0.2) is 10.9 Å². The van der Waals surface area contributed by atoms with Crippen molar-refractivity contribution in [2.75, 3.05) is 6.54 Å². The Bertz CT molecular complexity index is 407. The predicted octanol–water partition coefficient (Wildman–Crippen LogP) is 0.902. The van der Waals surface area contributed by atoms with Gasteiger partial charge < -0.3 is 15.3 Å². The van der Waals surface area contributed by atoms with E-state index in [9.17, 15) is 9.59 Å². The van der Waals surface area contributed by atoms with Gasteiger partial charge in [0, 0.05) is 11.9 Å². The summed E-state index contributed by atoms with van der Waals surface area (Å²) in [5.74, 6) is -0.939. The number of carbonyl (C=O) groups excluding carboxylic acids is 1. The quantitative estimate of drug-likeness (QED) is 0.840. The number of hydrogen-bond donors (Lipinski definition) is 2. The molecule has 2 amide bonds. The van der Waals surface area contributed by atoms with Crippen LogP contribution in [0.5, 0.6) is 0 Å². The van der Waals surface area contributed by atoms with Gasteiger partial charge in [-0.25, -0.2) is 14.6 Å². The summed E-state index contributed by atoms with van der Waals surface area (Å²) in [5, 5.41) is 13.5. The number of likely N-dealkylation sites (tertiary alicyclic amines) is 1. The first-order valence-corrected chi connectivity index (χ1v) is 6.27. The molecule has 0 aromatic carbocycles. The molecule has 1 aliphatic rings. The molecule has 1 aromatic rings. The van der Waals surface area contributed by atoms with Crippen molar-refractivity contribution in [3.8, 4) is 0 Å². The second-order valence-electron chi connectivity index (χ2n) is 3.83. The molecule has 7 heteroatoms. The third-order valence-corrected chi connectivity index (χ3v) is 3.34. The summed E-state index contributed by atoms with van der Waals surface area (Å²) in [6, 6.07) is -1.02. The first kappa shape index (κ1) is 11.8. The van der Waals surface area contributed by atoms with Crippen molar-refractivity contribution >= 4 is 23.3 Å². The number of urea groups is 1. The van der Waals surface area contributed by atoms with E-state index in [1.54, 1.807) is 5.51 Å². The summed E-state index contributed by atoms with van der Waals surface area (Å²) < 4.78 is 0. The van der Waals surface area contributed by atoms with Crippen molar-refractivity contribution in [2.45, 2.75) is 25.4 Å². The van der Waals surface area contributed by atoms with E-state index in [2.05, 4.69) is 10.3 Å². The highest BCUT2D eigenvalue weighted by Crippen LogP contribution is 2.17. The highest BCUT2D eigenvalue weighted by atomic mass is 32.1. The van der Waals surface area contributed by atoms with E-state index in [4.69, 9.17) is 5.11 Å². The molecule has 2 heterocycles. The zero-order valence-electron chi connectivity index (χ0n) is 9.13. The van der Waals surface area contributed by atoms with Crippen molar-refractivity contribution < 1.29 is 14.7 Å². The van der Waals surface area contributed by atoms with E-state index in [0.717, 1.165) is 12.1 Å². The predicted molar refractivity (Wildman–Crippen MR) is 61.7 cm³/mol.